The van der Waals surface area contributed by atoms with E-state index >= 15 is 0 Å². The zero-order valence-electron chi connectivity index (χ0n) is 18.9. The van der Waals surface area contributed by atoms with E-state index in [1.165, 1.54) is 21.6 Å². The van der Waals surface area contributed by atoms with Crippen LogP contribution in [0.25, 0.3) is 21.9 Å². The predicted octanol–water partition coefficient (Wildman–Crippen LogP) is 4.48. The van der Waals surface area contributed by atoms with Gasteiger partial charge in [-0.15, -0.1) is 16.4 Å². The zero-order chi connectivity index (χ0) is 22.6. The average Bonchev–Trinajstić information content (AvgIpc) is 3.35. The highest BCUT2D eigenvalue weighted by Crippen LogP contribution is 2.33. The molecular formula is C25H28N6OS. The highest BCUT2D eigenvalue weighted by molar-refractivity contribution is 7.10. The summed E-state index contributed by atoms with van der Waals surface area (Å²) in [4.78, 5) is 8.15. The lowest BCUT2D eigenvalue weighted by Gasteiger charge is -2.28. The van der Waals surface area contributed by atoms with Crippen molar-refractivity contribution < 1.29 is 4.74 Å². The van der Waals surface area contributed by atoms with Crippen LogP contribution in [0.3, 0.4) is 0 Å². The van der Waals surface area contributed by atoms with Crippen molar-refractivity contribution in [2.24, 2.45) is 0 Å². The molecule has 0 spiro atoms. The van der Waals surface area contributed by atoms with Crippen molar-refractivity contribution in [2.75, 3.05) is 43.6 Å². The van der Waals surface area contributed by atoms with Crippen LogP contribution in [-0.2, 0) is 11.3 Å². The fourth-order valence-electron chi connectivity index (χ4n) is 4.18. The summed E-state index contributed by atoms with van der Waals surface area (Å²) >= 11 is 1.76. The molecule has 5 rings (SSSR count). The minimum Gasteiger partial charge on any atom is -0.378 e. The van der Waals surface area contributed by atoms with Crippen molar-refractivity contribution in [3.63, 3.8) is 0 Å². The highest BCUT2D eigenvalue weighted by Gasteiger charge is 2.17. The number of hydrogen-bond donors (Lipinski definition) is 2. The van der Waals surface area contributed by atoms with Crippen LogP contribution in [0.5, 0.6) is 0 Å². The van der Waals surface area contributed by atoms with Crippen LogP contribution in [0.2, 0.25) is 0 Å². The number of nitrogens with zero attached hydrogens (tertiary/aromatic N) is 4. The van der Waals surface area contributed by atoms with E-state index in [1.54, 1.807) is 17.5 Å². The number of morpholine rings is 1. The van der Waals surface area contributed by atoms with E-state index in [9.17, 15) is 0 Å². The summed E-state index contributed by atoms with van der Waals surface area (Å²) in [5, 5.41) is 19.7. The molecule has 7 nitrogen and oxygen atoms in total. The number of anilines is 2. The van der Waals surface area contributed by atoms with Crippen LogP contribution in [0.4, 0.5) is 11.6 Å². The third-order valence-corrected chi connectivity index (χ3v) is 7.08. The van der Waals surface area contributed by atoms with Gasteiger partial charge in [0.25, 0.3) is 0 Å². The Morgan fingerprint density at radius 1 is 1.15 bits per heavy atom. The van der Waals surface area contributed by atoms with E-state index in [4.69, 9.17) is 4.74 Å². The van der Waals surface area contributed by atoms with Crippen molar-refractivity contribution in [3.05, 3.63) is 64.6 Å². The van der Waals surface area contributed by atoms with Gasteiger partial charge in [-0.1, -0.05) is 24.3 Å². The van der Waals surface area contributed by atoms with Gasteiger partial charge in [0.2, 0.25) is 0 Å². The maximum Gasteiger partial charge on any atom is 0.157 e. The lowest BCUT2D eigenvalue weighted by Crippen LogP contribution is -2.36. The summed E-state index contributed by atoms with van der Waals surface area (Å²) < 4.78 is 5.48. The van der Waals surface area contributed by atoms with Gasteiger partial charge in [0.15, 0.2) is 5.82 Å². The molecule has 0 aliphatic carbocycles. The second-order valence-electron chi connectivity index (χ2n) is 8.21. The van der Waals surface area contributed by atoms with Gasteiger partial charge in [-0.25, -0.2) is 4.98 Å². The number of aromatic nitrogens is 3. The second kappa shape index (κ2) is 9.82. The normalized spacial score (nSPS) is 15.0. The maximum atomic E-state index is 5.48. The Morgan fingerprint density at radius 3 is 2.85 bits per heavy atom. The summed E-state index contributed by atoms with van der Waals surface area (Å²) in [6.07, 6.45) is 3.65. The quantitative estimate of drug-likeness (QED) is 0.421. The molecule has 1 fully saturated rings. The molecule has 1 aromatic carbocycles. The molecule has 2 N–H and O–H groups in total. The number of benzene rings is 1. The number of hydrogen-bond acceptors (Lipinski definition) is 8. The number of thiophene rings is 1. The van der Waals surface area contributed by atoms with Crippen LogP contribution < -0.4 is 15.5 Å². The molecule has 1 saturated heterocycles. The van der Waals surface area contributed by atoms with Gasteiger partial charge in [-0.2, -0.15) is 5.10 Å². The summed E-state index contributed by atoms with van der Waals surface area (Å²) in [6.45, 7) is 6.18. The molecule has 0 bridgehead atoms. The van der Waals surface area contributed by atoms with E-state index in [2.05, 4.69) is 79.4 Å². The van der Waals surface area contributed by atoms with Crippen LogP contribution in [0.1, 0.15) is 23.4 Å². The molecular weight excluding hydrogens is 432 g/mol. The molecule has 8 heteroatoms. The molecule has 0 saturated carbocycles. The Hall–Kier alpha value is -3.07. The van der Waals surface area contributed by atoms with Crippen LogP contribution in [0, 0.1) is 0 Å². The Bertz CT molecular complexity index is 1240. The molecule has 33 heavy (non-hydrogen) atoms. The lowest BCUT2D eigenvalue weighted by atomic mass is 10.0. The third-order valence-electron chi connectivity index (χ3n) is 5.96. The number of pyridine rings is 1. The van der Waals surface area contributed by atoms with Crippen molar-refractivity contribution in [1.29, 1.82) is 0 Å². The molecule has 4 heterocycles. The third kappa shape index (κ3) is 4.68. The first-order valence-corrected chi connectivity index (χ1v) is 12.1. The van der Waals surface area contributed by atoms with Gasteiger partial charge in [0.1, 0.15) is 5.82 Å². The molecule has 3 aromatic heterocycles. The van der Waals surface area contributed by atoms with Gasteiger partial charge >= 0.3 is 0 Å². The molecule has 1 aliphatic rings. The minimum atomic E-state index is 0.0973. The number of ether oxygens (including phenoxy) is 1. The van der Waals surface area contributed by atoms with Crippen LogP contribution in [-0.4, -0.2) is 48.5 Å². The van der Waals surface area contributed by atoms with Crippen LogP contribution >= 0.6 is 11.3 Å². The Balaban J connectivity index is 1.40. The SMILES string of the molecule is CNCc1ccccc1-c1csc([C@@H](C)Nc2nncc3cnc(N4CCOCC4)cc23)c1. The average molecular weight is 461 g/mol. The first-order valence-electron chi connectivity index (χ1n) is 11.2. The zero-order valence-corrected chi connectivity index (χ0v) is 19.7. The van der Waals surface area contributed by atoms with Crippen molar-refractivity contribution in [2.45, 2.75) is 19.5 Å². The van der Waals surface area contributed by atoms with E-state index in [1.807, 2.05) is 13.2 Å². The van der Waals surface area contributed by atoms with Gasteiger partial charge in [0.05, 0.1) is 25.5 Å². The lowest BCUT2D eigenvalue weighted by molar-refractivity contribution is 0.122. The Morgan fingerprint density at radius 2 is 2.00 bits per heavy atom. The molecule has 0 radical (unpaired) electrons. The second-order valence-corrected chi connectivity index (χ2v) is 9.16. The van der Waals surface area contributed by atoms with E-state index < -0.39 is 0 Å². The maximum absolute atomic E-state index is 5.48. The molecule has 1 aliphatic heterocycles. The first kappa shape index (κ1) is 21.8. The monoisotopic (exact) mass is 460 g/mol. The molecule has 0 unspecified atom stereocenters. The smallest absolute Gasteiger partial charge is 0.157 e. The van der Waals surface area contributed by atoms with Gasteiger partial charge < -0.3 is 20.3 Å². The number of rotatable bonds is 7. The standard InChI is InChI=1S/C25H28N6OS/c1-17(23-11-19(16-33-23)21-6-4-3-5-18(21)13-26-2)29-25-22-12-24(31-7-9-32-10-8-31)27-14-20(22)15-28-30-25/h3-6,11-12,14-17,26H,7-10,13H2,1-2H3,(H,29,30)/t17-/m1/s1. The minimum absolute atomic E-state index is 0.0973. The summed E-state index contributed by atoms with van der Waals surface area (Å²) in [7, 11) is 1.98. The van der Waals surface area contributed by atoms with Crippen LogP contribution in [0.15, 0.2) is 54.2 Å². The predicted molar refractivity (Wildman–Crippen MR) is 135 cm³/mol. The summed E-state index contributed by atoms with van der Waals surface area (Å²) in [5.41, 5.74) is 3.82. The first-order chi connectivity index (χ1) is 16.2. The van der Waals surface area contributed by atoms with E-state index in [0.29, 0.717) is 0 Å². The number of nitrogens with one attached hydrogen (secondary N) is 2. The topological polar surface area (TPSA) is 75.2 Å². The fraction of sp³-hybridized carbons (Fsp3) is 0.320. The van der Waals surface area contributed by atoms with E-state index in [0.717, 1.165) is 55.3 Å². The number of fused-ring (bicyclic) bond motifs is 1. The summed E-state index contributed by atoms with van der Waals surface area (Å²) in [6, 6.07) is 13.0. The molecule has 170 valence electrons. The molecule has 4 aromatic rings. The fourth-order valence-corrected chi connectivity index (χ4v) is 5.10. The Kier molecular flexibility index (Phi) is 6.48. The van der Waals surface area contributed by atoms with Gasteiger partial charge in [-0.05, 0) is 48.2 Å². The van der Waals surface area contributed by atoms with Gasteiger partial charge in [-0.3, -0.25) is 0 Å². The molecule has 0 amide bonds. The summed E-state index contributed by atoms with van der Waals surface area (Å²) in [5.74, 6) is 1.73. The van der Waals surface area contributed by atoms with Crippen molar-refractivity contribution in [1.82, 2.24) is 20.5 Å². The van der Waals surface area contributed by atoms with Crippen molar-refractivity contribution >= 4 is 33.7 Å². The van der Waals surface area contributed by atoms with E-state index in [-0.39, 0.29) is 6.04 Å². The highest BCUT2D eigenvalue weighted by atomic mass is 32.1. The molecule has 1 atom stereocenters. The largest absolute Gasteiger partial charge is 0.378 e. The van der Waals surface area contributed by atoms with Crippen molar-refractivity contribution in [3.8, 4) is 11.1 Å². The van der Waals surface area contributed by atoms with Gasteiger partial charge in [0, 0.05) is 41.5 Å². The Labute approximate surface area is 197 Å².